The Morgan fingerprint density at radius 1 is 1.25 bits per heavy atom. The van der Waals surface area contributed by atoms with Gasteiger partial charge in [-0.2, -0.15) is 0 Å². The van der Waals surface area contributed by atoms with Crippen molar-refractivity contribution in [1.82, 2.24) is 5.32 Å². The maximum Gasteiger partial charge on any atom is 0.194 e. The molecule has 0 atom stereocenters. The molecule has 0 aromatic rings. The van der Waals surface area contributed by atoms with Crippen LogP contribution in [0.1, 0.15) is 27.7 Å². The molecule has 1 N–H and O–H groups in total. The number of rotatable bonds is 6. The zero-order valence-electron chi connectivity index (χ0n) is 8.81. The van der Waals surface area contributed by atoms with E-state index in [9.17, 15) is 0 Å². The van der Waals surface area contributed by atoms with Gasteiger partial charge in [0.15, 0.2) is 5.53 Å². The lowest BCUT2D eigenvalue weighted by molar-refractivity contribution is -0.195. The molecule has 0 radical (unpaired) electrons. The Morgan fingerprint density at radius 3 is 1.92 bits per heavy atom. The molecule has 3 nitrogen and oxygen atoms in total. The van der Waals surface area contributed by atoms with Crippen molar-refractivity contribution in [3.8, 4) is 0 Å². The monoisotopic (exact) mass is 191 g/mol. The third-order valence-electron chi connectivity index (χ3n) is 1.39. The molecule has 0 bridgehead atoms. The third-order valence-corrected chi connectivity index (χ3v) is 2.26. The molecule has 0 heterocycles. The zero-order chi connectivity index (χ0) is 9.61. The molecule has 0 fully saturated rings. The van der Waals surface area contributed by atoms with Gasteiger partial charge in [-0.25, -0.2) is 0 Å². The van der Waals surface area contributed by atoms with Crippen molar-refractivity contribution >= 4 is 10.2 Å². The van der Waals surface area contributed by atoms with Gasteiger partial charge < -0.3 is 9.47 Å². The summed E-state index contributed by atoms with van der Waals surface area (Å²) in [5.41, 5.74) is -0.488. The second-order valence-electron chi connectivity index (χ2n) is 3.11. The summed E-state index contributed by atoms with van der Waals surface area (Å²) in [6.07, 6.45) is 0. The second kappa shape index (κ2) is 5.69. The number of hydrogen-bond donors (Lipinski definition) is 1. The molecule has 0 aliphatic carbocycles. The van der Waals surface area contributed by atoms with E-state index in [1.54, 1.807) is 0 Å². The van der Waals surface area contributed by atoms with Crippen LogP contribution in [0.25, 0.3) is 0 Å². The van der Waals surface area contributed by atoms with Crippen molar-refractivity contribution in [3.05, 3.63) is 0 Å². The molecule has 0 aromatic carbocycles. The molecular formula is C8H21NO2Si. The fourth-order valence-corrected chi connectivity index (χ4v) is 2.35. The Hall–Kier alpha value is 0.0969. The lowest BCUT2D eigenvalue weighted by Gasteiger charge is -2.32. The molecule has 0 aliphatic heterocycles. The topological polar surface area (TPSA) is 30.5 Å². The van der Waals surface area contributed by atoms with Gasteiger partial charge in [-0.15, -0.1) is 0 Å². The first-order valence-corrected chi connectivity index (χ1v) is 5.59. The molecule has 0 aromatic heterocycles. The van der Waals surface area contributed by atoms with Gasteiger partial charge in [0.1, 0.15) is 0 Å². The molecule has 0 amide bonds. The minimum atomic E-state index is -0.488. The van der Waals surface area contributed by atoms with E-state index < -0.39 is 5.53 Å². The summed E-state index contributed by atoms with van der Waals surface area (Å²) in [5.74, 6) is 0. The summed E-state index contributed by atoms with van der Waals surface area (Å²) in [4.78, 5) is 0. The van der Waals surface area contributed by atoms with Crippen LogP contribution in [-0.4, -0.2) is 35.0 Å². The van der Waals surface area contributed by atoms with Gasteiger partial charge in [-0.05, 0) is 27.7 Å². The number of ether oxygens (including phenoxy) is 2. The molecule has 0 saturated heterocycles. The number of nitrogens with one attached hydrogen (secondary N) is 1. The van der Waals surface area contributed by atoms with E-state index >= 15 is 0 Å². The summed E-state index contributed by atoms with van der Waals surface area (Å²) in [6.45, 7) is 9.50. The molecule has 12 heavy (non-hydrogen) atoms. The largest absolute Gasteiger partial charge is 0.342 e. The third kappa shape index (κ3) is 4.87. The molecule has 0 aliphatic rings. The van der Waals surface area contributed by atoms with E-state index in [0.717, 1.165) is 10.2 Å². The Labute approximate surface area is 78.2 Å². The Morgan fingerprint density at radius 2 is 1.67 bits per heavy atom. The first-order chi connectivity index (χ1) is 5.54. The van der Waals surface area contributed by atoms with E-state index in [0.29, 0.717) is 19.3 Å². The predicted octanol–water partition coefficient (Wildman–Crippen LogP) is 0.0341. The summed E-state index contributed by atoms with van der Waals surface area (Å²) < 4.78 is 11.0. The van der Waals surface area contributed by atoms with Gasteiger partial charge in [-0.3, -0.25) is 5.32 Å². The van der Waals surface area contributed by atoms with Crippen LogP contribution in [-0.2, 0) is 9.47 Å². The highest BCUT2D eigenvalue weighted by Crippen LogP contribution is 2.05. The standard InChI is InChI=1S/C8H21NO2Si/c1-5-10-8(12,11-6-2)9-7(3)4/h7,9H,5-6H2,1-4,12H3. The zero-order valence-corrected chi connectivity index (χ0v) is 10.8. The van der Waals surface area contributed by atoms with Crippen molar-refractivity contribution in [1.29, 1.82) is 0 Å². The smallest absolute Gasteiger partial charge is 0.194 e. The van der Waals surface area contributed by atoms with E-state index in [2.05, 4.69) is 19.2 Å². The van der Waals surface area contributed by atoms with Crippen LogP contribution in [0.3, 0.4) is 0 Å². The van der Waals surface area contributed by atoms with Gasteiger partial charge in [-0.1, -0.05) is 0 Å². The van der Waals surface area contributed by atoms with Crippen molar-refractivity contribution in [2.24, 2.45) is 0 Å². The normalized spacial score (nSPS) is 12.8. The fraction of sp³-hybridized carbons (Fsp3) is 1.00. The minimum absolute atomic E-state index is 0.389. The van der Waals surface area contributed by atoms with Crippen LogP contribution >= 0.6 is 0 Å². The van der Waals surface area contributed by atoms with Crippen LogP contribution in [0.4, 0.5) is 0 Å². The van der Waals surface area contributed by atoms with Crippen LogP contribution < -0.4 is 5.32 Å². The van der Waals surface area contributed by atoms with Gasteiger partial charge in [0, 0.05) is 19.3 Å². The molecule has 0 spiro atoms. The molecule has 0 rings (SSSR count). The summed E-state index contributed by atoms with van der Waals surface area (Å²) >= 11 is 0. The minimum Gasteiger partial charge on any atom is -0.342 e. The van der Waals surface area contributed by atoms with E-state index in [1.165, 1.54) is 0 Å². The van der Waals surface area contributed by atoms with E-state index in [4.69, 9.17) is 9.47 Å². The van der Waals surface area contributed by atoms with E-state index in [-0.39, 0.29) is 0 Å². The average molecular weight is 191 g/mol. The quantitative estimate of drug-likeness (QED) is 0.475. The average Bonchev–Trinajstić information content (AvgIpc) is 1.85. The van der Waals surface area contributed by atoms with Gasteiger partial charge in [0.25, 0.3) is 0 Å². The Balaban J connectivity index is 3.98. The van der Waals surface area contributed by atoms with Crippen molar-refractivity contribution < 1.29 is 9.47 Å². The van der Waals surface area contributed by atoms with Crippen LogP contribution in [0, 0.1) is 0 Å². The van der Waals surface area contributed by atoms with Gasteiger partial charge in [0.2, 0.25) is 0 Å². The lowest BCUT2D eigenvalue weighted by atomic mass is 10.4. The van der Waals surface area contributed by atoms with Crippen LogP contribution in [0.5, 0.6) is 0 Å². The lowest BCUT2D eigenvalue weighted by Crippen LogP contribution is -2.53. The SMILES string of the molecule is CCOC([SiH3])(NC(C)C)OCC. The first kappa shape index (κ1) is 12.1. The second-order valence-corrected chi connectivity index (χ2v) is 4.43. The number of hydrogen-bond acceptors (Lipinski definition) is 3. The first-order valence-electron chi connectivity index (χ1n) is 4.59. The Kier molecular flexibility index (Phi) is 5.74. The fourth-order valence-electron chi connectivity index (χ4n) is 1.20. The summed E-state index contributed by atoms with van der Waals surface area (Å²) in [7, 11) is 0.830. The van der Waals surface area contributed by atoms with Gasteiger partial charge in [0.05, 0.1) is 10.2 Å². The van der Waals surface area contributed by atoms with Crippen molar-refractivity contribution in [3.63, 3.8) is 0 Å². The van der Waals surface area contributed by atoms with Crippen LogP contribution in [0.2, 0.25) is 0 Å². The maximum atomic E-state index is 5.51. The van der Waals surface area contributed by atoms with Gasteiger partial charge >= 0.3 is 0 Å². The van der Waals surface area contributed by atoms with Crippen LogP contribution in [0.15, 0.2) is 0 Å². The van der Waals surface area contributed by atoms with E-state index in [1.807, 2.05) is 13.8 Å². The summed E-state index contributed by atoms with van der Waals surface area (Å²) in [6, 6.07) is 0.389. The highest BCUT2D eigenvalue weighted by atomic mass is 28.1. The summed E-state index contributed by atoms with van der Waals surface area (Å²) in [5, 5.41) is 3.28. The van der Waals surface area contributed by atoms with Crippen molar-refractivity contribution in [2.45, 2.75) is 39.3 Å². The predicted molar refractivity (Wildman–Crippen MR) is 54.2 cm³/mol. The maximum absolute atomic E-state index is 5.51. The molecule has 74 valence electrons. The highest BCUT2D eigenvalue weighted by Gasteiger charge is 2.24. The highest BCUT2D eigenvalue weighted by molar-refractivity contribution is 6.13. The molecule has 0 saturated carbocycles. The molecule has 0 unspecified atom stereocenters. The molecular weight excluding hydrogens is 170 g/mol. The molecule has 4 heteroatoms. The van der Waals surface area contributed by atoms with Crippen molar-refractivity contribution in [2.75, 3.05) is 13.2 Å². The Bertz CT molecular complexity index is 114.